The van der Waals surface area contributed by atoms with Crippen LogP contribution in [0, 0.1) is 5.82 Å². The minimum absolute atomic E-state index is 0.0945. The molecule has 0 spiro atoms. The maximum absolute atomic E-state index is 12.9. The van der Waals surface area contributed by atoms with E-state index >= 15 is 0 Å². The summed E-state index contributed by atoms with van der Waals surface area (Å²) in [6, 6.07) is 2.09. The lowest BCUT2D eigenvalue weighted by Crippen LogP contribution is -2.50. The van der Waals surface area contributed by atoms with Crippen molar-refractivity contribution in [2.45, 2.75) is 23.9 Å². The highest BCUT2D eigenvalue weighted by atomic mass is 32.2. The second-order valence-corrected chi connectivity index (χ2v) is 9.10. The van der Waals surface area contributed by atoms with Gasteiger partial charge in [-0.3, -0.25) is 0 Å². The Morgan fingerprint density at radius 3 is 2.42 bits per heavy atom. The summed E-state index contributed by atoms with van der Waals surface area (Å²) in [7, 11) is -7.59. The van der Waals surface area contributed by atoms with Gasteiger partial charge in [-0.1, -0.05) is 0 Å². The van der Waals surface area contributed by atoms with Gasteiger partial charge in [-0.2, -0.15) is 0 Å². The van der Waals surface area contributed by atoms with Crippen LogP contribution in [0.3, 0.4) is 0 Å². The molecule has 1 fully saturated rings. The molecule has 0 aliphatic carbocycles. The van der Waals surface area contributed by atoms with Crippen LogP contribution in [0.15, 0.2) is 29.2 Å². The topological polar surface area (TPSA) is 119 Å². The summed E-state index contributed by atoms with van der Waals surface area (Å²) in [6.07, 6.45) is -0.828. The third kappa shape index (κ3) is 4.65. The predicted octanol–water partition coefficient (Wildman–Crippen LogP) is 0.0157. The molecule has 0 bridgehead atoms. The fourth-order valence-corrected chi connectivity index (χ4v) is 5.55. The summed E-state index contributed by atoms with van der Waals surface area (Å²) < 4.78 is 68.0. The van der Waals surface area contributed by atoms with Crippen LogP contribution in [0.5, 0.6) is 0 Å². The molecule has 0 saturated carbocycles. The number of halogens is 1. The van der Waals surface area contributed by atoms with Crippen molar-refractivity contribution in [3.63, 3.8) is 0 Å². The average molecular weight is 380 g/mol. The molecule has 11 heteroatoms. The van der Waals surface area contributed by atoms with Crippen LogP contribution in [0.4, 0.5) is 9.18 Å². The summed E-state index contributed by atoms with van der Waals surface area (Å²) >= 11 is 0. The second-order valence-electron chi connectivity index (χ2n) is 5.23. The molecule has 1 heterocycles. The van der Waals surface area contributed by atoms with Crippen molar-refractivity contribution < 1.29 is 30.8 Å². The van der Waals surface area contributed by atoms with E-state index in [1.54, 1.807) is 6.92 Å². The normalized spacial score (nSPS) is 22.9. The van der Waals surface area contributed by atoms with Gasteiger partial charge in [0, 0.05) is 0 Å². The summed E-state index contributed by atoms with van der Waals surface area (Å²) in [6.45, 7) is 1.68. The molecule has 2 rings (SSSR count). The van der Waals surface area contributed by atoms with Crippen LogP contribution >= 0.6 is 0 Å². The van der Waals surface area contributed by atoms with Gasteiger partial charge in [-0.05, 0) is 31.2 Å². The molecule has 1 saturated heterocycles. The van der Waals surface area contributed by atoms with E-state index in [0.717, 1.165) is 24.3 Å². The lowest BCUT2D eigenvalue weighted by Gasteiger charge is -2.20. The highest BCUT2D eigenvalue weighted by Crippen LogP contribution is 2.17. The van der Waals surface area contributed by atoms with E-state index < -0.39 is 55.4 Å². The van der Waals surface area contributed by atoms with Crippen molar-refractivity contribution >= 4 is 26.0 Å². The number of sulfonamides is 1. The van der Waals surface area contributed by atoms with E-state index in [9.17, 15) is 26.0 Å². The number of rotatable bonds is 5. The lowest BCUT2D eigenvalue weighted by molar-refractivity contribution is 0.148. The molecule has 24 heavy (non-hydrogen) atoms. The maximum atomic E-state index is 12.9. The van der Waals surface area contributed by atoms with Gasteiger partial charge in [0.05, 0.1) is 35.1 Å². The van der Waals surface area contributed by atoms with Gasteiger partial charge in [0.15, 0.2) is 9.84 Å². The van der Waals surface area contributed by atoms with Crippen LogP contribution in [-0.2, 0) is 24.6 Å². The van der Waals surface area contributed by atoms with E-state index in [2.05, 4.69) is 14.8 Å². The van der Waals surface area contributed by atoms with E-state index in [-0.39, 0.29) is 11.5 Å². The molecular weight excluding hydrogens is 363 g/mol. The van der Waals surface area contributed by atoms with Gasteiger partial charge in [0.25, 0.3) is 0 Å². The second kappa shape index (κ2) is 7.03. The standard InChI is InChI=1S/C13H17FN2O6S2/c1-2-22-13(17)15-11-7-23(18,19)8-12(11)16-24(20,21)10-5-3-9(14)4-6-10/h3-6,11-12,16H,2,7-8H2,1H3,(H,15,17)/t11-,12-/m1/s1. The quantitative estimate of drug-likeness (QED) is 0.743. The van der Waals surface area contributed by atoms with Crippen molar-refractivity contribution in [1.82, 2.24) is 10.0 Å². The Morgan fingerprint density at radius 1 is 1.25 bits per heavy atom. The number of carbonyl (C=O) groups excluding carboxylic acids is 1. The number of hydrogen-bond donors (Lipinski definition) is 2. The van der Waals surface area contributed by atoms with Crippen LogP contribution in [0.1, 0.15) is 6.92 Å². The van der Waals surface area contributed by atoms with Gasteiger partial charge in [0.2, 0.25) is 10.0 Å². The Morgan fingerprint density at radius 2 is 1.83 bits per heavy atom. The third-order valence-electron chi connectivity index (χ3n) is 3.36. The van der Waals surface area contributed by atoms with E-state index in [1.165, 1.54) is 0 Å². The zero-order valence-corrected chi connectivity index (χ0v) is 14.4. The zero-order valence-electron chi connectivity index (χ0n) is 12.7. The largest absolute Gasteiger partial charge is 0.450 e. The maximum Gasteiger partial charge on any atom is 0.407 e. The van der Waals surface area contributed by atoms with Crippen molar-refractivity contribution in [2.24, 2.45) is 0 Å². The first-order valence-electron chi connectivity index (χ1n) is 7.04. The summed E-state index contributed by atoms with van der Waals surface area (Å²) in [5.74, 6) is -1.45. The van der Waals surface area contributed by atoms with Crippen molar-refractivity contribution in [1.29, 1.82) is 0 Å². The van der Waals surface area contributed by atoms with E-state index in [4.69, 9.17) is 0 Å². The van der Waals surface area contributed by atoms with E-state index in [1.807, 2.05) is 0 Å². The van der Waals surface area contributed by atoms with Crippen LogP contribution in [-0.4, -0.2) is 53.1 Å². The third-order valence-corrected chi connectivity index (χ3v) is 6.60. The van der Waals surface area contributed by atoms with Crippen molar-refractivity contribution in [3.8, 4) is 0 Å². The Kier molecular flexibility index (Phi) is 5.45. The number of nitrogens with one attached hydrogen (secondary N) is 2. The lowest BCUT2D eigenvalue weighted by atomic mass is 10.2. The van der Waals surface area contributed by atoms with Crippen LogP contribution < -0.4 is 10.0 Å². The molecule has 0 radical (unpaired) electrons. The highest BCUT2D eigenvalue weighted by molar-refractivity contribution is 7.92. The van der Waals surface area contributed by atoms with Gasteiger partial charge >= 0.3 is 6.09 Å². The van der Waals surface area contributed by atoms with Gasteiger partial charge in [-0.15, -0.1) is 0 Å². The Labute approximate surface area is 139 Å². The number of alkyl carbamates (subject to hydrolysis) is 1. The van der Waals surface area contributed by atoms with Gasteiger partial charge in [-0.25, -0.2) is 30.7 Å². The van der Waals surface area contributed by atoms with Gasteiger partial charge in [0.1, 0.15) is 5.82 Å². The molecule has 1 amide bonds. The van der Waals surface area contributed by atoms with Gasteiger partial charge < -0.3 is 10.1 Å². The molecule has 0 aromatic heterocycles. The summed E-state index contributed by atoms with van der Waals surface area (Å²) in [5, 5.41) is 2.34. The minimum atomic E-state index is -4.06. The summed E-state index contributed by atoms with van der Waals surface area (Å²) in [5.41, 5.74) is 0. The predicted molar refractivity (Wildman–Crippen MR) is 83.1 cm³/mol. The molecule has 1 aromatic rings. The van der Waals surface area contributed by atoms with Crippen molar-refractivity contribution in [3.05, 3.63) is 30.1 Å². The zero-order chi connectivity index (χ0) is 18.0. The number of amides is 1. The minimum Gasteiger partial charge on any atom is -0.450 e. The molecular formula is C13H17FN2O6S2. The molecule has 1 aromatic carbocycles. The van der Waals surface area contributed by atoms with Crippen LogP contribution in [0.25, 0.3) is 0 Å². The fourth-order valence-electron chi connectivity index (χ4n) is 2.31. The highest BCUT2D eigenvalue weighted by Gasteiger charge is 2.41. The molecule has 1 aliphatic heterocycles. The van der Waals surface area contributed by atoms with E-state index in [0.29, 0.717) is 0 Å². The van der Waals surface area contributed by atoms with Crippen LogP contribution in [0.2, 0.25) is 0 Å². The Hall–Kier alpha value is -1.72. The Bertz CT molecular complexity index is 807. The number of carbonyl (C=O) groups is 1. The number of sulfone groups is 1. The Balaban J connectivity index is 2.18. The number of hydrogen-bond acceptors (Lipinski definition) is 6. The molecule has 134 valence electrons. The first kappa shape index (κ1) is 18.6. The fraction of sp³-hybridized carbons (Fsp3) is 0.462. The van der Waals surface area contributed by atoms with Crippen molar-refractivity contribution in [2.75, 3.05) is 18.1 Å². The molecule has 2 N–H and O–H groups in total. The average Bonchev–Trinajstić information content (AvgIpc) is 2.72. The monoisotopic (exact) mass is 380 g/mol. The molecule has 2 atom stereocenters. The smallest absolute Gasteiger partial charge is 0.407 e. The number of benzene rings is 1. The summed E-state index contributed by atoms with van der Waals surface area (Å²) in [4.78, 5) is 11.3. The molecule has 1 aliphatic rings. The number of ether oxygens (including phenoxy) is 1. The molecule has 0 unspecified atom stereocenters. The first-order valence-corrected chi connectivity index (χ1v) is 10.3. The SMILES string of the molecule is CCOC(=O)N[C@@H]1CS(=O)(=O)C[C@H]1NS(=O)(=O)c1ccc(F)cc1. The molecule has 8 nitrogen and oxygen atoms in total. The first-order chi connectivity index (χ1) is 11.1.